The van der Waals surface area contributed by atoms with E-state index in [1.165, 1.54) is 11.1 Å². The van der Waals surface area contributed by atoms with Gasteiger partial charge in [-0.15, -0.1) is 0 Å². The molecule has 3 heteroatoms. The lowest BCUT2D eigenvalue weighted by atomic mass is 9.74. The second-order valence-electron chi connectivity index (χ2n) is 7.77. The molecule has 1 aliphatic heterocycles. The quantitative estimate of drug-likeness (QED) is 0.746. The van der Waals surface area contributed by atoms with Crippen LogP contribution >= 0.6 is 0 Å². The van der Waals surface area contributed by atoms with E-state index in [2.05, 4.69) is 67.3 Å². The molecule has 3 rings (SSSR count). The van der Waals surface area contributed by atoms with Gasteiger partial charge in [-0.2, -0.15) is 0 Å². The summed E-state index contributed by atoms with van der Waals surface area (Å²) >= 11 is 0. The number of unbranched alkanes of at least 4 members (excludes halogenated alkanes) is 1. The third kappa shape index (κ3) is 4.98. The van der Waals surface area contributed by atoms with E-state index >= 15 is 0 Å². The average molecular weight is 368 g/mol. The standard InChI is InChI=1S/C24H33NO2/c1-3-4-14-24(26,22-12-10-20(2)11-13-22)23(21-8-6-5-7-9-21)19-25-15-17-27-18-16-25/h5-13,23,26H,3-4,14-19H2,1-2H3/t23-,24-/m0/s1. The van der Waals surface area contributed by atoms with Crippen molar-refractivity contribution in [3.63, 3.8) is 0 Å². The van der Waals surface area contributed by atoms with Crippen LogP contribution in [0.25, 0.3) is 0 Å². The van der Waals surface area contributed by atoms with Crippen LogP contribution in [-0.4, -0.2) is 42.9 Å². The normalized spacial score (nSPS) is 18.8. The van der Waals surface area contributed by atoms with E-state index in [4.69, 9.17) is 4.74 Å². The molecule has 3 nitrogen and oxygen atoms in total. The predicted octanol–water partition coefficient (Wildman–Crippen LogP) is 4.49. The number of benzene rings is 2. The fourth-order valence-corrected chi connectivity index (χ4v) is 4.07. The summed E-state index contributed by atoms with van der Waals surface area (Å²) in [4.78, 5) is 2.44. The summed E-state index contributed by atoms with van der Waals surface area (Å²) in [5.41, 5.74) is 2.59. The summed E-state index contributed by atoms with van der Waals surface area (Å²) in [6.07, 6.45) is 2.86. The summed E-state index contributed by atoms with van der Waals surface area (Å²) in [5.74, 6) is 0.0334. The largest absolute Gasteiger partial charge is 0.384 e. The van der Waals surface area contributed by atoms with Gasteiger partial charge < -0.3 is 9.84 Å². The van der Waals surface area contributed by atoms with Crippen LogP contribution in [0.5, 0.6) is 0 Å². The van der Waals surface area contributed by atoms with Crippen molar-refractivity contribution >= 4 is 0 Å². The molecule has 2 atom stereocenters. The third-order valence-corrected chi connectivity index (χ3v) is 5.79. The molecule has 1 aliphatic rings. The Morgan fingerprint density at radius 1 is 1.04 bits per heavy atom. The Hall–Kier alpha value is -1.68. The van der Waals surface area contributed by atoms with Crippen molar-refractivity contribution in [2.75, 3.05) is 32.8 Å². The van der Waals surface area contributed by atoms with Crippen LogP contribution in [0.4, 0.5) is 0 Å². The highest BCUT2D eigenvalue weighted by atomic mass is 16.5. The minimum Gasteiger partial charge on any atom is -0.384 e. The first kappa shape index (κ1) is 20.1. The van der Waals surface area contributed by atoms with Crippen LogP contribution in [-0.2, 0) is 10.3 Å². The molecule has 0 aromatic heterocycles. The summed E-state index contributed by atoms with van der Waals surface area (Å²) < 4.78 is 5.53. The van der Waals surface area contributed by atoms with E-state index in [1.54, 1.807) is 0 Å². The molecule has 0 saturated carbocycles. The molecule has 0 unspecified atom stereocenters. The number of aryl methyl sites for hydroxylation is 1. The van der Waals surface area contributed by atoms with Crippen molar-refractivity contribution in [1.29, 1.82) is 0 Å². The van der Waals surface area contributed by atoms with E-state index in [-0.39, 0.29) is 5.92 Å². The zero-order valence-electron chi connectivity index (χ0n) is 16.7. The van der Waals surface area contributed by atoms with Crippen molar-refractivity contribution in [1.82, 2.24) is 4.90 Å². The molecular weight excluding hydrogens is 334 g/mol. The molecule has 0 amide bonds. The number of hydrogen-bond donors (Lipinski definition) is 1. The van der Waals surface area contributed by atoms with Crippen molar-refractivity contribution in [3.8, 4) is 0 Å². The van der Waals surface area contributed by atoms with Gasteiger partial charge in [0, 0.05) is 25.6 Å². The van der Waals surface area contributed by atoms with Gasteiger partial charge in [0.1, 0.15) is 0 Å². The average Bonchev–Trinajstić information content (AvgIpc) is 2.72. The Balaban J connectivity index is 1.99. The van der Waals surface area contributed by atoms with Gasteiger partial charge in [-0.1, -0.05) is 79.9 Å². The second-order valence-corrected chi connectivity index (χ2v) is 7.77. The van der Waals surface area contributed by atoms with Gasteiger partial charge in [-0.3, -0.25) is 4.90 Å². The number of morpholine rings is 1. The SMILES string of the molecule is CCCC[C@](O)(c1ccc(C)cc1)[C@@H](CN1CCOCC1)c1ccccc1. The molecule has 27 heavy (non-hydrogen) atoms. The van der Waals surface area contributed by atoms with Gasteiger partial charge in [0.25, 0.3) is 0 Å². The maximum Gasteiger partial charge on any atom is 0.0977 e. The maximum absolute atomic E-state index is 12.1. The highest BCUT2D eigenvalue weighted by Crippen LogP contribution is 2.41. The Bertz CT molecular complexity index is 679. The molecule has 146 valence electrons. The Morgan fingerprint density at radius 3 is 2.33 bits per heavy atom. The van der Waals surface area contributed by atoms with E-state index in [9.17, 15) is 5.11 Å². The highest BCUT2D eigenvalue weighted by Gasteiger charge is 2.39. The molecule has 1 saturated heterocycles. The van der Waals surface area contributed by atoms with Crippen LogP contribution in [0.3, 0.4) is 0 Å². The van der Waals surface area contributed by atoms with E-state index < -0.39 is 5.60 Å². The molecular formula is C24H33NO2. The lowest BCUT2D eigenvalue weighted by molar-refractivity contribution is -0.0293. The summed E-state index contributed by atoms with van der Waals surface area (Å²) in [6.45, 7) is 8.55. The van der Waals surface area contributed by atoms with Gasteiger partial charge >= 0.3 is 0 Å². The molecule has 2 aromatic rings. The number of ether oxygens (including phenoxy) is 1. The first-order valence-corrected chi connectivity index (χ1v) is 10.3. The minimum atomic E-state index is -0.872. The lowest BCUT2D eigenvalue weighted by Crippen LogP contribution is -2.45. The van der Waals surface area contributed by atoms with Crippen molar-refractivity contribution in [2.24, 2.45) is 0 Å². The Morgan fingerprint density at radius 2 is 1.70 bits per heavy atom. The van der Waals surface area contributed by atoms with Crippen LogP contribution in [0.2, 0.25) is 0 Å². The van der Waals surface area contributed by atoms with Crippen LogP contribution in [0.1, 0.15) is 48.8 Å². The lowest BCUT2D eigenvalue weighted by Gasteiger charge is -2.41. The molecule has 1 fully saturated rings. The Kier molecular flexibility index (Phi) is 7.06. The van der Waals surface area contributed by atoms with Crippen molar-refractivity contribution in [2.45, 2.75) is 44.6 Å². The first-order chi connectivity index (χ1) is 13.1. The fraction of sp³-hybridized carbons (Fsp3) is 0.500. The molecule has 1 N–H and O–H groups in total. The van der Waals surface area contributed by atoms with E-state index in [0.29, 0.717) is 0 Å². The summed E-state index contributed by atoms with van der Waals surface area (Å²) in [6, 6.07) is 19.0. The summed E-state index contributed by atoms with van der Waals surface area (Å²) in [7, 11) is 0. The first-order valence-electron chi connectivity index (χ1n) is 10.3. The van der Waals surface area contributed by atoms with Gasteiger partial charge in [0.05, 0.1) is 18.8 Å². The zero-order valence-corrected chi connectivity index (χ0v) is 16.7. The van der Waals surface area contributed by atoms with Crippen molar-refractivity contribution in [3.05, 3.63) is 71.3 Å². The molecule has 2 aromatic carbocycles. The number of aliphatic hydroxyl groups is 1. The molecule has 0 radical (unpaired) electrons. The zero-order chi connectivity index (χ0) is 19.1. The molecule has 0 spiro atoms. The van der Waals surface area contributed by atoms with Gasteiger partial charge in [-0.05, 0) is 24.5 Å². The number of nitrogens with zero attached hydrogens (tertiary/aromatic N) is 1. The summed E-state index contributed by atoms with van der Waals surface area (Å²) in [5, 5.41) is 12.1. The molecule has 0 bridgehead atoms. The van der Waals surface area contributed by atoms with E-state index in [0.717, 1.165) is 57.7 Å². The topological polar surface area (TPSA) is 32.7 Å². The Labute approximate surface area is 164 Å². The van der Waals surface area contributed by atoms with Gasteiger partial charge in [0.2, 0.25) is 0 Å². The maximum atomic E-state index is 12.1. The molecule has 0 aliphatic carbocycles. The smallest absolute Gasteiger partial charge is 0.0977 e. The van der Waals surface area contributed by atoms with Crippen LogP contribution < -0.4 is 0 Å². The fourth-order valence-electron chi connectivity index (χ4n) is 4.07. The van der Waals surface area contributed by atoms with Crippen LogP contribution in [0, 0.1) is 6.92 Å². The third-order valence-electron chi connectivity index (χ3n) is 5.79. The van der Waals surface area contributed by atoms with Crippen LogP contribution in [0.15, 0.2) is 54.6 Å². The highest BCUT2D eigenvalue weighted by molar-refractivity contribution is 5.33. The number of hydrogen-bond acceptors (Lipinski definition) is 3. The number of rotatable bonds is 8. The van der Waals surface area contributed by atoms with Crippen molar-refractivity contribution < 1.29 is 9.84 Å². The monoisotopic (exact) mass is 367 g/mol. The predicted molar refractivity (Wildman–Crippen MR) is 111 cm³/mol. The molecule has 1 heterocycles. The second kappa shape index (κ2) is 9.50. The van der Waals surface area contributed by atoms with Gasteiger partial charge in [-0.25, -0.2) is 0 Å². The minimum absolute atomic E-state index is 0.0334. The van der Waals surface area contributed by atoms with E-state index in [1.807, 2.05) is 6.07 Å². The van der Waals surface area contributed by atoms with Gasteiger partial charge in [0.15, 0.2) is 0 Å².